The first-order valence-corrected chi connectivity index (χ1v) is 11.9. The Morgan fingerprint density at radius 1 is 1.12 bits per heavy atom. The Bertz CT molecular complexity index is 793. The number of aliphatic imine (C=N–C) groups is 1. The van der Waals surface area contributed by atoms with E-state index in [-0.39, 0.29) is 48.0 Å². The fourth-order valence-electron chi connectivity index (χ4n) is 4.32. The van der Waals surface area contributed by atoms with Crippen LogP contribution in [0.2, 0.25) is 0 Å². The van der Waals surface area contributed by atoms with E-state index in [1.165, 1.54) is 12.8 Å². The Balaban J connectivity index is 0.00000385. The lowest BCUT2D eigenvalue weighted by Gasteiger charge is -2.21. The first-order valence-electron chi connectivity index (χ1n) is 11.9. The number of nitrogens with zero attached hydrogens (tertiary/aromatic N) is 2. The molecule has 4 N–H and O–H groups in total. The molecule has 0 spiro atoms. The number of guanidine groups is 1. The number of carbonyl (C=O) groups excluding carboxylic acids is 2. The van der Waals surface area contributed by atoms with Crippen LogP contribution in [0.15, 0.2) is 29.3 Å². The summed E-state index contributed by atoms with van der Waals surface area (Å²) in [6, 6.07) is 7.81. The number of carbonyl (C=O) groups is 2. The Labute approximate surface area is 214 Å². The van der Waals surface area contributed by atoms with Gasteiger partial charge in [0.1, 0.15) is 0 Å². The normalized spacial score (nSPS) is 18.7. The maximum Gasteiger partial charge on any atom is 0.319 e. The summed E-state index contributed by atoms with van der Waals surface area (Å²) in [4.78, 5) is 31.2. The van der Waals surface area contributed by atoms with Gasteiger partial charge in [-0.05, 0) is 57.7 Å². The van der Waals surface area contributed by atoms with E-state index < -0.39 is 0 Å². The highest BCUT2D eigenvalue weighted by Gasteiger charge is 2.32. The van der Waals surface area contributed by atoms with Gasteiger partial charge in [-0.2, -0.15) is 0 Å². The summed E-state index contributed by atoms with van der Waals surface area (Å²) in [5, 5.41) is 12.4. The van der Waals surface area contributed by atoms with Crippen molar-refractivity contribution in [2.24, 2.45) is 10.9 Å². The average Bonchev–Trinajstić information content (AvgIpc) is 3.44. The van der Waals surface area contributed by atoms with Crippen molar-refractivity contribution in [3.8, 4) is 0 Å². The summed E-state index contributed by atoms with van der Waals surface area (Å²) < 4.78 is 0. The smallest absolute Gasteiger partial charge is 0.319 e. The average molecular weight is 571 g/mol. The molecule has 0 bridgehead atoms. The number of amides is 3. The number of anilines is 1. The van der Waals surface area contributed by atoms with E-state index >= 15 is 0 Å². The molecule has 3 amide bonds. The molecule has 3 rings (SSSR count). The van der Waals surface area contributed by atoms with Crippen LogP contribution in [0.25, 0.3) is 0 Å². The summed E-state index contributed by atoms with van der Waals surface area (Å²) in [5.74, 6) is 1.35. The number of hydrogen-bond acceptors (Lipinski definition) is 3. The van der Waals surface area contributed by atoms with Crippen LogP contribution in [0.1, 0.15) is 58.4 Å². The molecule has 33 heavy (non-hydrogen) atoms. The summed E-state index contributed by atoms with van der Waals surface area (Å²) in [6.45, 7) is 8.77. The van der Waals surface area contributed by atoms with Gasteiger partial charge in [0.2, 0.25) is 5.91 Å². The number of hydrogen-bond donors (Lipinski definition) is 4. The van der Waals surface area contributed by atoms with Crippen molar-refractivity contribution in [3.63, 3.8) is 0 Å². The van der Waals surface area contributed by atoms with E-state index in [0.717, 1.165) is 56.1 Å². The summed E-state index contributed by atoms with van der Waals surface area (Å²) in [7, 11) is 0. The zero-order chi connectivity index (χ0) is 22.9. The SMILES string of the molecule is CCNC(=NCc1ccc(NC(=O)NC(C)C)cc1)NC1CCN(C(=O)C2CCCC2)C1.I. The third kappa shape index (κ3) is 8.68. The minimum Gasteiger partial charge on any atom is -0.357 e. The second-order valence-electron chi connectivity index (χ2n) is 9.04. The van der Waals surface area contributed by atoms with E-state index in [2.05, 4.69) is 21.3 Å². The van der Waals surface area contributed by atoms with Crippen molar-refractivity contribution < 1.29 is 9.59 Å². The van der Waals surface area contributed by atoms with Crippen LogP contribution in [0, 0.1) is 5.92 Å². The Morgan fingerprint density at radius 3 is 2.45 bits per heavy atom. The first kappa shape index (κ1) is 27.2. The predicted molar refractivity (Wildman–Crippen MR) is 144 cm³/mol. The Hall–Kier alpha value is -2.04. The van der Waals surface area contributed by atoms with Gasteiger partial charge in [-0.3, -0.25) is 4.79 Å². The standard InChI is InChI=1S/C24H38N6O2.HI/c1-4-25-23(28-21-13-14-30(16-21)22(31)19-7-5-6-8-19)26-15-18-9-11-20(12-10-18)29-24(32)27-17(2)3;/h9-12,17,19,21H,4-8,13-16H2,1-3H3,(H2,25,26,28)(H2,27,29,32);1H. The molecule has 9 heteroatoms. The van der Waals surface area contributed by atoms with Gasteiger partial charge in [0.25, 0.3) is 0 Å². The number of rotatable bonds is 7. The Morgan fingerprint density at radius 2 is 1.82 bits per heavy atom. The number of halogens is 1. The fourth-order valence-corrected chi connectivity index (χ4v) is 4.32. The topological polar surface area (TPSA) is 97.9 Å². The number of benzene rings is 1. The van der Waals surface area contributed by atoms with E-state index in [9.17, 15) is 9.59 Å². The largest absolute Gasteiger partial charge is 0.357 e. The van der Waals surface area contributed by atoms with Gasteiger partial charge in [-0.25, -0.2) is 9.79 Å². The third-order valence-electron chi connectivity index (χ3n) is 5.94. The van der Waals surface area contributed by atoms with Crippen molar-refractivity contribution in [2.75, 3.05) is 25.0 Å². The van der Waals surface area contributed by atoms with Crippen LogP contribution in [0.4, 0.5) is 10.5 Å². The fraction of sp³-hybridized carbons (Fsp3) is 0.625. The second kappa shape index (κ2) is 13.6. The highest BCUT2D eigenvalue weighted by atomic mass is 127. The first-order chi connectivity index (χ1) is 15.4. The highest BCUT2D eigenvalue weighted by Crippen LogP contribution is 2.27. The minimum absolute atomic E-state index is 0. The quantitative estimate of drug-likeness (QED) is 0.229. The lowest BCUT2D eigenvalue weighted by molar-refractivity contribution is -0.134. The van der Waals surface area contributed by atoms with Gasteiger partial charge in [0, 0.05) is 43.3 Å². The summed E-state index contributed by atoms with van der Waals surface area (Å²) in [5.41, 5.74) is 1.81. The lowest BCUT2D eigenvalue weighted by atomic mass is 10.1. The zero-order valence-electron chi connectivity index (χ0n) is 20.0. The van der Waals surface area contributed by atoms with Gasteiger partial charge >= 0.3 is 6.03 Å². The molecule has 1 heterocycles. The second-order valence-corrected chi connectivity index (χ2v) is 9.04. The van der Waals surface area contributed by atoms with Crippen LogP contribution in [0.3, 0.4) is 0 Å². The molecule has 1 aromatic carbocycles. The molecule has 1 saturated heterocycles. The Kier molecular flexibility index (Phi) is 11.2. The van der Waals surface area contributed by atoms with Gasteiger partial charge in [-0.1, -0.05) is 25.0 Å². The molecule has 2 aliphatic rings. The number of urea groups is 1. The summed E-state index contributed by atoms with van der Waals surface area (Å²) >= 11 is 0. The molecule has 1 aliphatic carbocycles. The maximum absolute atomic E-state index is 12.7. The molecule has 0 radical (unpaired) electrons. The lowest BCUT2D eigenvalue weighted by Crippen LogP contribution is -2.45. The van der Waals surface area contributed by atoms with Crippen molar-refractivity contribution in [1.29, 1.82) is 0 Å². The van der Waals surface area contributed by atoms with Crippen LogP contribution in [0.5, 0.6) is 0 Å². The molecule has 8 nitrogen and oxygen atoms in total. The van der Waals surface area contributed by atoms with Crippen LogP contribution in [-0.2, 0) is 11.3 Å². The van der Waals surface area contributed by atoms with E-state index in [4.69, 9.17) is 4.99 Å². The molecule has 1 aliphatic heterocycles. The predicted octanol–water partition coefficient (Wildman–Crippen LogP) is 3.68. The van der Waals surface area contributed by atoms with Gasteiger partial charge in [-0.15, -0.1) is 24.0 Å². The minimum atomic E-state index is -0.207. The van der Waals surface area contributed by atoms with Crippen LogP contribution < -0.4 is 21.3 Å². The van der Waals surface area contributed by atoms with E-state index in [1.807, 2.05) is 49.9 Å². The van der Waals surface area contributed by atoms with Crippen molar-refractivity contribution in [2.45, 2.75) is 71.5 Å². The van der Waals surface area contributed by atoms with Crippen LogP contribution in [-0.4, -0.2) is 54.5 Å². The molecule has 1 unspecified atom stereocenters. The van der Waals surface area contributed by atoms with E-state index in [1.54, 1.807) is 0 Å². The highest BCUT2D eigenvalue weighted by molar-refractivity contribution is 14.0. The molecule has 1 saturated carbocycles. The van der Waals surface area contributed by atoms with Crippen LogP contribution >= 0.6 is 24.0 Å². The van der Waals surface area contributed by atoms with Crippen molar-refractivity contribution in [1.82, 2.24) is 20.9 Å². The zero-order valence-corrected chi connectivity index (χ0v) is 22.4. The van der Waals surface area contributed by atoms with Gasteiger partial charge in [0.15, 0.2) is 5.96 Å². The molecular weight excluding hydrogens is 531 g/mol. The van der Waals surface area contributed by atoms with Crippen molar-refractivity contribution in [3.05, 3.63) is 29.8 Å². The molecule has 1 aromatic rings. The number of nitrogens with one attached hydrogen (secondary N) is 4. The van der Waals surface area contributed by atoms with E-state index in [0.29, 0.717) is 12.5 Å². The third-order valence-corrected chi connectivity index (χ3v) is 5.94. The number of likely N-dealkylation sites (tertiary alicyclic amines) is 1. The van der Waals surface area contributed by atoms with Crippen molar-refractivity contribution >= 4 is 47.6 Å². The molecule has 0 aromatic heterocycles. The van der Waals surface area contributed by atoms with Gasteiger partial charge < -0.3 is 26.2 Å². The molecular formula is C24H39IN6O2. The molecule has 2 fully saturated rings. The summed E-state index contributed by atoms with van der Waals surface area (Å²) in [6.07, 6.45) is 5.42. The molecule has 1 atom stereocenters. The molecule has 184 valence electrons. The maximum atomic E-state index is 12.7. The monoisotopic (exact) mass is 570 g/mol. The van der Waals surface area contributed by atoms with Gasteiger partial charge in [0.05, 0.1) is 6.54 Å².